The van der Waals surface area contributed by atoms with Crippen molar-refractivity contribution in [2.45, 2.75) is 43.8 Å². The average molecular weight is 516 g/mol. The Hall–Kier alpha value is -4.46. The van der Waals surface area contributed by atoms with E-state index in [4.69, 9.17) is 17.2 Å². The lowest BCUT2D eigenvalue weighted by Crippen LogP contribution is -2.57. The number of rotatable bonds is 15. The van der Waals surface area contributed by atoms with Crippen LogP contribution in [-0.4, -0.2) is 75.9 Å². The molecule has 0 radical (unpaired) electrons. The molecule has 1 aromatic heterocycles. The number of nitrogens with zero attached hydrogens (tertiary/aromatic N) is 2. The van der Waals surface area contributed by atoms with Crippen LogP contribution in [0.4, 0.5) is 0 Å². The smallest absolute Gasteiger partial charge is 0.326 e. The van der Waals surface area contributed by atoms with Crippen molar-refractivity contribution in [3.05, 3.63) is 54.1 Å². The van der Waals surface area contributed by atoms with Crippen LogP contribution in [0, 0.1) is 0 Å². The van der Waals surface area contributed by atoms with E-state index in [-0.39, 0.29) is 38.3 Å². The molecule has 0 aliphatic rings. The maximum Gasteiger partial charge on any atom is 0.326 e. The van der Waals surface area contributed by atoms with Gasteiger partial charge in [-0.2, -0.15) is 0 Å². The number of H-pyrrole nitrogens is 1. The minimum absolute atomic E-state index is 0.0427. The van der Waals surface area contributed by atoms with Crippen molar-refractivity contribution in [3.63, 3.8) is 0 Å². The number of carbonyl (C=O) groups excluding carboxylic acids is 3. The Balaban J connectivity index is 2.18. The summed E-state index contributed by atoms with van der Waals surface area (Å²) in [6.45, 7) is -0.134. The molecular weight excluding hydrogens is 482 g/mol. The van der Waals surface area contributed by atoms with E-state index in [1.54, 1.807) is 24.3 Å². The molecule has 2 aromatic rings. The third-order valence-electron chi connectivity index (χ3n) is 5.29. The summed E-state index contributed by atoms with van der Waals surface area (Å²) in [5.41, 5.74) is 17.4. The van der Waals surface area contributed by atoms with E-state index in [1.165, 1.54) is 12.5 Å². The normalized spacial score (nSPS) is 13.0. The summed E-state index contributed by atoms with van der Waals surface area (Å²) in [6, 6.07) is 5.56. The van der Waals surface area contributed by atoms with E-state index in [9.17, 15) is 24.3 Å². The highest BCUT2D eigenvalue weighted by molar-refractivity contribution is 5.93. The summed E-state index contributed by atoms with van der Waals surface area (Å²) in [4.78, 5) is 60.5. The van der Waals surface area contributed by atoms with Crippen molar-refractivity contribution in [1.29, 1.82) is 0 Å². The van der Waals surface area contributed by atoms with Gasteiger partial charge in [-0.05, 0) is 18.4 Å². The van der Waals surface area contributed by atoms with Crippen LogP contribution in [0.25, 0.3) is 0 Å². The molecular formula is C23H33N9O5. The van der Waals surface area contributed by atoms with Crippen LogP contribution >= 0.6 is 0 Å². The molecule has 200 valence electrons. The molecule has 0 saturated carbocycles. The lowest BCUT2D eigenvalue weighted by Gasteiger charge is -2.24. The zero-order valence-electron chi connectivity index (χ0n) is 20.2. The van der Waals surface area contributed by atoms with Crippen molar-refractivity contribution < 1.29 is 24.3 Å². The number of aliphatic carboxylic acids is 1. The molecule has 0 aliphatic heterocycles. The number of imidazole rings is 1. The molecule has 0 spiro atoms. The number of amides is 3. The molecule has 0 aliphatic carbocycles. The number of benzene rings is 1. The second-order valence-electron chi connectivity index (χ2n) is 8.20. The Bertz CT molecular complexity index is 1060. The molecule has 11 N–H and O–H groups in total. The second-order valence-corrected chi connectivity index (χ2v) is 8.20. The number of carboxylic acids is 1. The Morgan fingerprint density at radius 2 is 1.65 bits per heavy atom. The van der Waals surface area contributed by atoms with Crippen LogP contribution in [-0.2, 0) is 32.0 Å². The van der Waals surface area contributed by atoms with Gasteiger partial charge in [0, 0.05) is 31.3 Å². The fraction of sp³-hybridized carbons (Fsp3) is 0.391. The van der Waals surface area contributed by atoms with Gasteiger partial charge in [0.25, 0.3) is 0 Å². The van der Waals surface area contributed by atoms with E-state index < -0.39 is 41.8 Å². The van der Waals surface area contributed by atoms with E-state index in [2.05, 4.69) is 30.9 Å². The molecule has 37 heavy (non-hydrogen) atoms. The molecule has 1 heterocycles. The largest absolute Gasteiger partial charge is 0.480 e. The zero-order chi connectivity index (χ0) is 27.2. The van der Waals surface area contributed by atoms with Gasteiger partial charge >= 0.3 is 5.97 Å². The van der Waals surface area contributed by atoms with Crippen molar-refractivity contribution in [1.82, 2.24) is 25.9 Å². The Morgan fingerprint density at radius 3 is 2.24 bits per heavy atom. The second kappa shape index (κ2) is 14.8. The molecule has 2 rings (SSSR count). The van der Waals surface area contributed by atoms with Crippen molar-refractivity contribution >= 4 is 29.7 Å². The number of aliphatic imine (C=N–C) groups is 1. The van der Waals surface area contributed by atoms with Gasteiger partial charge in [-0.3, -0.25) is 19.4 Å². The van der Waals surface area contributed by atoms with Crippen molar-refractivity contribution in [3.8, 4) is 0 Å². The lowest BCUT2D eigenvalue weighted by atomic mass is 10.0. The maximum absolute atomic E-state index is 13.2. The molecule has 3 unspecified atom stereocenters. The maximum atomic E-state index is 13.2. The number of nitrogens with two attached hydrogens (primary N) is 3. The molecule has 3 amide bonds. The van der Waals surface area contributed by atoms with Crippen molar-refractivity contribution in [2.75, 3.05) is 13.1 Å². The van der Waals surface area contributed by atoms with Crippen LogP contribution in [0.3, 0.4) is 0 Å². The number of nitrogens with one attached hydrogen (secondary N) is 4. The van der Waals surface area contributed by atoms with Crippen LogP contribution < -0.4 is 33.2 Å². The van der Waals surface area contributed by atoms with Crippen LogP contribution in [0.2, 0.25) is 0 Å². The Kier molecular flexibility index (Phi) is 11.5. The van der Waals surface area contributed by atoms with Gasteiger partial charge in [0.15, 0.2) is 5.96 Å². The van der Waals surface area contributed by atoms with Gasteiger partial charge in [0.2, 0.25) is 17.7 Å². The van der Waals surface area contributed by atoms with Crippen LogP contribution in [0.5, 0.6) is 0 Å². The molecule has 14 nitrogen and oxygen atoms in total. The van der Waals surface area contributed by atoms with Crippen LogP contribution in [0.15, 0.2) is 47.8 Å². The molecule has 3 atom stereocenters. The lowest BCUT2D eigenvalue weighted by molar-refractivity contribution is -0.142. The molecule has 0 fully saturated rings. The summed E-state index contributed by atoms with van der Waals surface area (Å²) in [6.07, 6.45) is 3.37. The highest BCUT2D eigenvalue weighted by Crippen LogP contribution is 2.07. The third kappa shape index (κ3) is 10.4. The standard InChI is InChI=1S/C23H33N9O5/c24-11-19(33)30-17(9-14-5-2-1-3-6-14)21(35)31-16(7-4-8-28-23(25)26)20(34)32-18(22(36)37)10-15-12-27-13-29-15/h1-3,5-6,12-13,16-18H,4,7-11,24H2,(H,27,29)(H,30,33)(H,31,35)(H,32,34)(H,36,37)(H4,25,26,28). The average Bonchev–Trinajstić information content (AvgIpc) is 3.38. The van der Waals surface area contributed by atoms with E-state index in [0.29, 0.717) is 12.1 Å². The number of carboxylic acid groups (broad SMARTS) is 1. The first-order valence-corrected chi connectivity index (χ1v) is 11.6. The van der Waals surface area contributed by atoms with Gasteiger partial charge in [-0.25, -0.2) is 9.78 Å². The first kappa shape index (κ1) is 28.8. The highest BCUT2D eigenvalue weighted by Gasteiger charge is 2.29. The van der Waals surface area contributed by atoms with E-state index in [0.717, 1.165) is 5.56 Å². The summed E-state index contributed by atoms with van der Waals surface area (Å²) >= 11 is 0. The number of carbonyl (C=O) groups is 4. The minimum atomic E-state index is -1.28. The van der Waals surface area contributed by atoms with Gasteiger partial charge in [0.05, 0.1) is 12.9 Å². The summed E-state index contributed by atoms with van der Waals surface area (Å²) in [5, 5.41) is 17.2. The number of aromatic nitrogens is 2. The topological polar surface area (TPSA) is 244 Å². The summed E-state index contributed by atoms with van der Waals surface area (Å²) in [5.74, 6) is -3.27. The van der Waals surface area contributed by atoms with Gasteiger partial charge < -0.3 is 43.2 Å². The molecule has 0 bridgehead atoms. The van der Waals surface area contributed by atoms with E-state index in [1.807, 2.05) is 6.07 Å². The van der Waals surface area contributed by atoms with Gasteiger partial charge in [-0.1, -0.05) is 30.3 Å². The number of guanidine groups is 1. The Morgan fingerprint density at radius 1 is 0.973 bits per heavy atom. The quantitative estimate of drug-likeness (QED) is 0.0724. The van der Waals surface area contributed by atoms with Gasteiger partial charge in [-0.15, -0.1) is 0 Å². The first-order valence-electron chi connectivity index (χ1n) is 11.6. The summed E-state index contributed by atoms with van der Waals surface area (Å²) < 4.78 is 0. The first-order chi connectivity index (χ1) is 17.7. The fourth-order valence-electron chi connectivity index (χ4n) is 3.45. The number of aromatic amines is 1. The molecule has 0 saturated heterocycles. The summed E-state index contributed by atoms with van der Waals surface area (Å²) in [7, 11) is 0. The predicted molar refractivity (Wildman–Crippen MR) is 135 cm³/mol. The highest BCUT2D eigenvalue weighted by atomic mass is 16.4. The Labute approximate surface area is 213 Å². The van der Waals surface area contributed by atoms with Gasteiger partial charge in [0.1, 0.15) is 18.1 Å². The zero-order valence-corrected chi connectivity index (χ0v) is 20.2. The molecule has 1 aromatic carbocycles. The number of hydrogen-bond acceptors (Lipinski definition) is 7. The van der Waals surface area contributed by atoms with Crippen LogP contribution in [0.1, 0.15) is 24.1 Å². The molecule has 14 heteroatoms. The predicted octanol–water partition coefficient (Wildman–Crippen LogP) is -2.25. The minimum Gasteiger partial charge on any atom is -0.480 e. The number of hydrogen-bond donors (Lipinski definition) is 8. The monoisotopic (exact) mass is 515 g/mol. The fourth-order valence-corrected chi connectivity index (χ4v) is 3.45. The van der Waals surface area contributed by atoms with Crippen molar-refractivity contribution in [2.24, 2.45) is 22.2 Å². The van der Waals surface area contributed by atoms with E-state index >= 15 is 0 Å². The SMILES string of the molecule is NCC(=O)NC(Cc1ccccc1)C(=O)NC(CCCN=C(N)N)C(=O)NC(Cc1cnc[nH]1)C(=O)O. The third-order valence-corrected chi connectivity index (χ3v) is 5.29.